The van der Waals surface area contributed by atoms with Crippen LogP contribution in [0, 0.1) is 0 Å². The normalized spacial score (nSPS) is 12.1. The van der Waals surface area contributed by atoms with Crippen molar-refractivity contribution >= 4 is 32.8 Å². The van der Waals surface area contributed by atoms with Crippen molar-refractivity contribution in [2.24, 2.45) is 0 Å². The van der Waals surface area contributed by atoms with Crippen LogP contribution >= 0.6 is 0 Å². The van der Waals surface area contributed by atoms with Crippen molar-refractivity contribution in [1.29, 1.82) is 0 Å². The zero-order chi connectivity index (χ0) is 36.5. The molecule has 0 fully saturated rings. The van der Waals surface area contributed by atoms with Crippen LogP contribution < -0.4 is 5.73 Å². The Balaban J connectivity index is 1.51. The Hall–Kier alpha value is -5.46. The Morgan fingerprint density at radius 1 is 0.882 bits per heavy atom. The number of aromatic nitrogens is 4. The van der Waals surface area contributed by atoms with Crippen LogP contribution in [0.2, 0.25) is 0 Å². The summed E-state index contributed by atoms with van der Waals surface area (Å²) in [4.78, 5) is 21.1. The molecule has 0 bridgehead atoms. The van der Waals surface area contributed by atoms with Crippen LogP contribution in [0.3, 0.4) is 0 Å². The second-order valence-corrected chi connectivity index (χ2v) is 15.6. The summed E-state index contributed by atoms with van der Waals surface area (Å²) in [5.41, 5.74) is 11.7. The fourth-order valence-electron chi connectivity index (χ4n) is 5.87. The lowest BCUT2D eigenvalue weighted by Crippen LogP contribution is -2.36. The Kier molecular flexibility index (Phi) is 9.74. The van der Waals surface area contributed by atoms with E-state index in [0.717, 1.165) is 34.4 Å². The van der Waals surface area contributed by atoms with E-state index in [-0.39, 0.29) is 4.90 Å². The van der Waals surface area contributed by atoms with Gasteiger partial charge in [-0.1, -0.05) is 54.6 Å². The first-order valence-electron chi connectivity index (χ1n) is 16.6. The van der Waals surface area contributed by atoms with Gasteiger partial charge < -0.3 is 20.3 Å². The third-order valence-electron chi connectivity index (χ3n) is 8.30. The van der Waals surface area contributed by atoms with Gasteiger partial charge in [-0.25, -0.2) is 22.2 Å². The first kappa shape index (κ1) is 35.4. The Morgan fingerprint density at radius 3 is 2.20 bits per heavy atom. The number of anilines is 1. The van der Waals surface area contributed by atoms with Gasteiger partial charge in [0.1, 0.15) is 11.3 Å². The molecule has 6 aromatic rings. The van der Waals surface area contributed by atoms with Gasteiger partial charge in [0.15, 0.2) is 5.65 Å². The second kappa shape index (κ2) is 14.0. The van der Waals surface area contributed by atoms with Gasteiger partial charge in [0, 0.05) is 54.7 Å². The van der Waals surface area contributed by atoms with Crippen LogP contribution in [0.15, 0.2) is 108 Å². The number of benzene rings is 3. The van der Waals surface area contributed by atoms with E-state index >= 15 is 0 Å². The largest absolute Gasteiger partial charge is 0.444 e. The number of hydrogen-bond donors (Lipinski definition) is 1. The highest BCUT2D eigenvalue weighted by atomic mass is 32.2. The van der Waals surface area contributed by atoms with Gasteiger partial charge in [-0.2, -0.15) is 5.10 Å². The van der Waals surface area contributed by atoms with Gasteiger partial charge in [-0.3, -0.25) is 4.68 Å². The molecule has 1 amide bonds. The maximum atomic E-state index is 14.4. The first-order chi connectivity index (χ1) is 24.2. The number of nitrogens with two attached hydrogens (primary N) is 1. The van der Waals surface area contributed by atoms with Crippen molar-refractivity contribution in [3.8, 4) is 33.6 Å². The number of nitrogen functional groups attached to an aromatic ring is 1. The zero-order valence-electron chi connectivity index (χ0n) is 29.7. The molecule has 3 aromatic carbocycles. The smallest absolute Gasteiger partial charge is 0.410 e. The number of likely N-dealkylation sites (N-methyl/N-ethyl adjacent to an activating group) is 1. The summed E-state index contributed by atoms with van der Waals surface area (Å²) >= 11 is 0. The van der Waals surface area contributed by atoms with Gasteiger partial charge in [0.05, 0.1) is 17.1 Å². The number of carbonyl (C=O) groups is 1. The van der Waals surface area contributed by atoms with Crippen LogP contribution in [-0.4, -0.2) is 76.3 Å². The number of ether oxygens (including phenoxy) is 1. The van der Waals surface area contributed by atoms with E-state index in [9.17, 15) is 13.2 Å². The molecule has 0 spiro atoms. The molecule has 3 heterocycles. The van der Waals surface area contributed by atoms with Crippen LogP contribution in [0.1, 0.15) is 26.3 Å². The first-order valence-corrected chi connectivity index (χ1v) is 18.1. The monoisotopic (exact) mass is 705 g/mol. The summed E-state index contributed by atoms with van der Waals surface area (Å²) in [6.07, 6.45) is 3.12. The van der Waals surface area contributed by atoms with Crippen LogP contribution in [0.25, 0.3) is 44.7 Å². The molecule has 6 rings (SSSR count). The minimum atomic E-state index is -4.07. The van der Waals surface area contributed by atoms with E-state index in [1.165, 1.54) is 8.87 Å². The summed E-state index contributed by atoms with van der Waals surface area (Å²) < 4.78 is 37.5. The van der Waals surface area contributed by atoms with E-state index in [1.807, 2.05) is 102 Å². The van der Waals surface area contributed by atoms with E-state index in [1.54, 1.807) is 48.3 Å². The maximum Gasteiger partial charge on any atom is 0.410 e. The van der Waals surface area contributed by atoms with Crippen molar-refractivity contribution in [2.45, 2.75) is 44.4 Å². The summed E-state index contributed by atoms with van der Waals surface area (Å²) in [5.74, 6) is 0. The van der Waals surface area contributed by atoms with Crippen molar-refractivity contribution in [3.63, 3.8) is 0 Å². The number of fused-ring (bicyclic) bond motifs is 1. The molecule has 2 N–H and O–H groups in total. The van der Waals surface area contributed by atoms with Gasteiger partial charge in [-0.15, -0.1) is 0 Å². The minimum Gasteiger partial charge on any atom is -0.444 e. The summed E-state index contributed by atoms with van der Waals surface area (Å²) in [6, 6.07) is 27.5. The number of nitrogens with zero attached hydrogens (tertiary/aromatic N) is 6. The van der Waals surface area contributed by atoms with Gasteiger partial charge in [-0.05, 0) is 88.0 Å². The number of hydrogen-bond acceptors (Lipinski definition) is 8. The third-order valence-corrected chi connectivity index (χ3v) is 10.0. The summed E-state index contributed by atoms with van der Waals surface area (Å²) in [7, 11) is 1.63. The fraction of sp³-hybridized carbons (Fsp3) is 0.256. The molecule has 0 aliphatic heterocycles. The molecule has 11 nitrogen and oxygen atoms in total. The predicted octanol–water partition coefficient (Wildman–Crippen LogP) is 6.98. The number of rotatable bonds is 10. The number of carbonyl (C=O) groups excluding carboxylic acids is 1. The molecule has 3 aromatic heterocycles. The van der Waals surface area contributed by atoms with Crippen LogP contribution in [-0.2, 0) is 27.8 Å². The van der Waals surface area contributed by atoms with Crippen molar-refractivity contribution in [1.82, 2.24) is 28.5 Å². The van der Waals surface area contributed by atoms with Crippen LogP contribution in [0.5, 0.6) is 0 Å². The molecule has 264 valence electrons. The molecule has 0 saturated heterocycles. The quantitative estimate of drug-likeness (QED) is 0.151. The van der Waals surface area contributed by atoms with E-state index in [4.69, 9.17) is 15.6 Å². The van der Waals surface area contributed by atoms with Gasteiger partial charge in [0.25, 0.3) is 10.0 Å². The van der Waals surface area contributed by atoms with E-state index < -0.39 is 21.7 Å². The lowest BCUT2D eigenvalue weighted by Gasteiger charge is -2.24. The van der Waals surface area contributed by atoms with Gasteiger partial charge >= 0.3 is 6.09 Å². The van der Waals surface area contributed by atoms with Crippen molar-refractivity contribution < 1.29 is 17.9 Å². The Bertz CT molecular complexity index is 2270. The van der Waals surface area contributed by atoms with Crippen molar-refractivity contribution in [3.05, 3.63) is 109 Å². The van der Waals surface area contributed by atoms with E-state index in [0.29, 0.717) is 41.2 Å². The molecular formula is C39H43N7O4S. The summed E-state index contributed by atoms with van der Waals surface area (Å²) in [6.45, 7) is 6.98. The molecule has 51 heavy (non-hydrogen) atoms. The molecular weight excluding hydrogens is 663 g/mol. The Morgan fingerprint density at radius 2 is 1.55 bits per heavy atom. The fourth-order valence-corrected chi connectivity index (χ4v) is 7.37. The lowest BCUT2D eigenvalue weighted by molar-refractivity contribution is 0.0292. The van der Waals surface area contributed by atoms with E-state index in [2.05, 4.69) is 9.88 Å². The SMILES string of the molecule is CN(C)Cc1ccc(-c2cc3c(-c4cn(CCN(C)C(=O)OC(C)(C)C)nc4-c4ccc(N)cc4)ccnc3n2S(=O)(=O)c2ccccc2)cc1. The highest BCUT2D eigenvalue weighted by Gasteiger charge is 2.27. The average Bonchev–Trinajstić information content (AvgIpc) is 3.70. The highest BCUT2D eigenvalue weighted by Crippen LogP contribution is 2.39. The molecule has 0 aliphatic rings. The topological polar surface area (TPSA) is 129 Å². The van der Waals surface area contributed by atoms with Crippen molar-refractivity contribution in [2.75, 3.05) is 33.4 Å². The zero-order valence-corrected chi connectivity index (χ0v) is 30.6. The standard InChI is InChI=1S/C39H43N7O4S/c1-39(2,3)50-38(47)44(6)22-23-45-26-34(36(42-45)29-16-18-30(40)19-17-29)32-20-21-41-37-33(32)24-35(28-14-12-27(13-15-28)25-43(4)5)46(37)51(48,49)31-10-8-7-9-11-31/h7-21,24,26H,22-23,25,40H2,1-6H3. The number of pyridine rings is 1. The lowest BCUT2D eigenvalue weighted by atomic mass is 10.00. The summed E-state index contributed by atoms with van der Waals surface area (Å²) in [5, 5.41) is 5.61. The molecule has 0 atom stereocenters. The molecule has 0 aliphatic carbocycles. The maximum absolute atomic E-state index is 14.4. The van der Waals surface area contributed by atoms with Gasteiger partial charge in [0.2, 0.25) is 0 Å². The number of amides is 1. The average molecular weight is 706 g/mol. The molecule has 0 radical (unpaired) electrons. The highest BCUT2D eigenvalue weighted by molar-refractivity contribution is 7.90. The third kappa shape index (κ3) is 7.67. The molecule has 0 saturated carbocycles. The Labute approximate surface area is 298 Å². The molecule has 0 unspecified atom stereocenters. The second-order valence-electron chi connectivity index (χ2n) is 13.8. The minimum absolute atomic E-state index is 0.157. The molecule has 12 heteroatoms. The predicted molar refractivity (Wildman–Crippen MR) is 202 cm³/mol. The van der Waals surface area contributed by atoms with Crippen LogP contribution in [0.4, 0.5) is 10.5 Å².